The van der Waals surface area contributed by atoms with E-state index < -0.39 is 35.2 Å². The molecule has 0 fully saturated rings. The van der Waals surface area contributed by atoms with Gasteiger partial charge < -0.3 is 25.2 Å². The molecule has 1 atom stereocenters. The number of carbonyl (C=O) groups excluding carboxylic acids is 3. The second-order valence-electron chi connectivity index (χ2n) is 12.7. The lowest BCUT2D eigenvalue weighted by molar-refractivity contribution is -0.135. The number of nitrogens with one attached hydrogen (secondary N) is 2. The lowest BCUT2D eigenvalue weighted by Crippen LogP contribution is -2.45. The Morgan fingerprint density at radius 3 is 2.53 bits per heavy atom. The zero-order valence-corrected chi connectivity index (χ0v) is 28.7. The molecule has 12 nitrogen and oxygen atoms in total. The van der Waals surface area contributed by atoms with E-state index in [1.165, 1.54) is 40.2 Å². The Morgan fingerprint density at radius 2 is 1.86 bits per heavy atom. The van der Waals surface area contributed by atoms with Gasteiger partial charge in [0.15, 0.2) is 5.82 Å². The van der Waals surface area contributed by atoms with Crippen LogP contribution in [0.25, 0.3) is 11.8 Å². The van der Waals surface area contributed by atoms with Gasteiger partial charge in [0.05, 0.1) is 16.3 Å². The molecular weight excluding hydrogens is 651 g/mol. The number of amides is 2. The second-order valence-corrected chi connectivity index (χ2v) is 13.1. The lowest BCUT2D eigenvalue weighted by atomic mass is 9.90. The Balaban J connectivity index is 1.46. The second kappa shape index (κ2) is 15.0. The molecule has 2 amide bonds. The Bertz CT molecular complexity index is 1860. The first-order chi connectivity index (χ1) is 23.3. The number of ether oxygens (including phenoxy) is 1. The fourth-order valence-electron chi connectivity index (χ4n) is 5.44. The Labute approximate surface area is 288 Å². The van der Waals surface area contributed by atoms with Crippen LogP contribution < -0.4 is 10.6 Å². The maximum absolute atomic E-state index is 15.3. The predicted molar refractivity (Wildman–Crippen MR) is 185 cm³/mol. The zero-order chi connectivity index (χ0) is 35.3. The van der Waals surface area contributed by atoms with Crippen molar-refractivity contribution in [1.29, 1.82) is 0 Å². The Morgan fingerprint density at radius 1 is 1.10 bits per heavy atom. The van der Waals surface area contributed by atoms with Gasteiger partial charge in [-0.3, -0.25) is 9.59 Å². The summed E-state index contributed by atoms with van der Waals surface area (Å²) in [7, 11) is 3.97. The summed E-state index contributed by atoms with van der Waals surface area (Å²) in [6.07, 6.45) is 4.30. The van der Waals surface area contributed by atoms with E-state index in [1.54, 1.807) is 45.0 Å². The van der Waals surface area contributed by atoms with Gasteiger partial charge in [-0.1, -0.05) is 23.7 Å². The first-order valence-electron chi connectivity index (χ1n) is 15.7. The molecule has 1 unspecified atom stereocenters. The summed E-state index contributed by atoms with van der Waals surface area (Å²) in [6.45, 7) is 7.05. The SMILES string of the molecule is CN(C)CCNc1cccc2c1CCN(C(=O)/C=C/c1c(-n3cnnn3)ccc(Cl)c1F)C2C(=O)Nc1ccc(C(=O)OC(C)(C)C)cc1. The maximum Gasteiger partial charge on any atom is 0.338 e. The molecule has 49 heavy (non-hydrogen) atoms. The fourth-order valence-corrected chi connectivity index (χ4v) is 5.61. The number of hydrogen-bond donors (Lipinski definition) is 2. The summed E-state index contributed by atoms with van der Waals surface area (Å²) in [6, 6.07) is 13.9. The minimum absolute atomic E-state index is 0.00372. The van der Waals surface area contributed by atoms with Crippen LogP contribution in [0.5, 0.6) is 0 Å². The summed E-state index contributed by atoms with van der Waals surface area (Å²) in [5, 5.41) is 17.3. The van der Waals surface area contributed by atoms with E-state index >= 15 is 4.39 Å². The van der Waals surface area contributed by atoms with Crippen molar-refractivity contribution in [3.63, 3.8) is 0 Å². The van der Waals surface area contributed by atoms with E-state index in [1.807, 2.05) is 32.3 Å². The number of carbonyl (C=O) groups is 3. The standard InChI is InChI=1S/C35H38ClFN8O4/c1-35(2,3)49-34(48)22-9-11-23(12-10-22)40-33(47)32-25-7-6-8-28(38-18-20-43(4)5)24(25)17-19-44(32)30(46)16-13-26-29(45-21-39-41-42-45)15-14-27(36)31(26)37/h6-16,21,32,38H,17-20H2,1-5H3,(H,40,47)/b16-13+. The quantitative estimate of drug-likeness (QED) is 0.171. The highest BCUT2D eigenvalue weighted by Gasteiger charge is 2.36. The van der Waals surface area contributed by atoms with Crippen molar-refractivity contribution in [3.8, 4) is 5.69 Å². The van der Waals surface area contributed by atoms with Crippen LogP contribution in [0.3, 0.4) is 0 Å². The molecule has 0 spiro atoms. The predicted octanol–water partition coefficient (Wildman–Crippen LogP) is 5.16. The van der Waals surface area contributed by atoms with Crippen LogP contribution in [-0.4, -0.2) is 87.1 Å². The van der Waals surface area contributed by atoms with Crippen molar-refractivity contribution >= 4 is 46.8 Å². The third-order valence-corrected chi connectivity index (χ3v) is 8.00. The van der Waals surface area contributed by atoms with Crippen molar-refractivity contribution in [3.05, 3.63) is 100 Å². The van der Waals surface area contributed by atoms with Crippen LogP contribution in [0.1, 0.15) is 53.9 Å². The summed E-state index contributed by atoms with van der Waals surface area (Å²) in [4.78, 5) is 44.0. The van der Waals surface area contributed by atoms with Crippen molar-refractivity contribution in [2.45, 2.75) is 38.8 Å². The molecule has 0 saturated heterocycles. The molecule has 4 aromatic rings. The highest BCUT2D eigenvalue weighted by atomic mass is 35.5. The van der Waals surface area contributed by atoms with Gasteiger partial charge in [0.2, 0.25) is 5.91 Å². The minimum Gasteiger partial charge on any atom is -0.456 e. The average molecular weight is 689 g/mol. The third kappa shape index (κ3) is 8.48. The summed E-state index contributed by atoms with van der Waals surface area (Å²) < 4.78 is 22.0. The molecule has 0 radical (unpaired) electrons. The molecule has 0 saturated carbocycles. The topological polar surface area (TPSA) is 135 Å². The van der Waals surface area contributed by atoms with Crippen molar-refractivity contribution in [2.75, 3.05) is 44.4 Å². The number of esters is 1. The Kier molecular flexibility index (Phi) is 10.7. The molecule has 1 aliphatic rings. The van der Waals surface area contributed by atoms with Crippen molar-refractivity contribution in [1.82, 2.24) is 30.0 Å². The van der Waals surface area contributed by atoms with Crippen LogP contribution in [0.2, 0.25) is 5.02 Å². The van der Waals surface area contributed by atoms with E-state index in [0.717, 1.165) is 17.8 Å². The normalized spacial score (nSPS) is 14.5. The highest BCUT2D eigenvalue weighted by molar-refractivity contribution is 6.31. The smallest absolute Gasteiger partial charge is 0.338 e. The minimum atomic E-state index is -1.02. The van der Waals surface area contributed by atoms with Gasteiger partial charge in [-0.2, -0.15) is 4.68 Å². The largest absolute Gasteiger partial charge is 0.456 e. The molecule has 3 aromatic carbocycles. The van der Waals surface area contributed by atoms with Crippen LogP contribution >= 0.6 is 11.6 Å². The average Bonchev–Trinajstić information content (AvgIpc) is 3.59. The van der Waals surface area contributed by atoms with Gasteiger partial charge in [0, 0.05) is 42.6 Å². The van der Waals surface area contributed by atoms with Crippen LogP contribution in [0.4, 0.5) is 15.8 Å². The molecule has 2 N–H and O–H groups in total. The van der Waals surface area contributed by atoms with E-state index in [0.29, 0.717) is 29.8 Å². The maximum atomic E-state index is 15.3. The molecule has 0 bridgehead atoms. The van der Waals surface area contributed by atoms with Crippen LogP contribution in [0.15, 0.2) is 67.0 Å². The summed E-state index contributed by atoms with van der Waals surface area (Å²) >= 11 is 6.08. The van der Waals surface area contributed by atoms with Gasteiger partial charge in [0.1, 0.15) is 18.0 Å². The van der Waals surface area contributed by atoms with Crippen molar-refractivity contribution < 1.29 is 23.5 Å². The highest BCUT2D eigenvalue weighted by Crippen LogP contribution is 2.36. The lowest BCUT2D eigenvalue weighted by Gasteiger charge is -2.36. The molecule has 0 aliphatic carbocycles. The summed E-state index contributed by atoms with van der Waals surface area (Å²) in [5.74, 6) is -2.20. The summed E-state index contributed by atoms with van der Waals surface area (Å²) in [5.41, 5.74) is 2.86. The van der Waals surface area contributed by atoms with Crippen molar-refractivity contribution in [2.24, 2.45) is 0 Å². The number of aromatic nitrogens is 4. The molecular formula is C35H38ClFN8O4. The number of anilines is 2. The number of benzene rings is 3. The molecule has 5 rings (SSSR count). The van der Waals surface area contributed by atoms with E-state index in [9.17, 15) is 14.4 Å². The number of halogens is 2. The molecule has 256 valence electrons. The number of nitrogens with zero attached hydrogens (tertiary/aromatic N) is 6. The first-order valence-corrected chi connectivity index (χ1v) is 16.0. The zero-order valence-electron chi connectivity index (χ0n) is 27.9. The monoisotopic (exact) mass is 688 g/mol. The number of hydrogen-bond acceptors (Lipinski definition) is 9. The molecule has 1 aliphatic heterocycles. The van der Waals surface area contributed by atoms with E-state index in [2.05, 4.69) is 31.1 Å². The molecule has 2 heterocycles. The molecule has 14 heteroatoms. The number of fused-ring (bicyclic) bond motifs is 1. The van der Waals surface area contributed by atoms with E-state index in [-0.39, 0.29) is 22.8 Å². The van der Waals surface area contributed by atoms with Gasteiger partial charge in [-0.05, 0) is 111 Å². The molecule has 1 aromatic heterocycles. The number of likely N-dealkylation sites (N-methyl/N-ethyl adjacent to an activating group) is 1. The van der Waals surface area contributed by atoms with Crippen LogP contribution in [-0.2, 0) is 20.7 Å². The number of tetrazole rings is 1. The Hall–Kier alpha value is -5.14. The van der Waals surface area contributed by atoms with Gasteiger partial charge in [-0.25, -0.2) is 9.18 Å². The van der Waals surface area contributed by atoms with Gasteiger partial charge >= 0.3 is 5.97 Å². The van der Waals surface area contributed by atoms with Gasteiger partial charge in [-0.15, -0.1) is 5.10 Å². The number of rotatable bonds is 10. The van der Waals surface area contributed by atoms with Gasteiger partial charge in [0.25, 0.3) is 5.91 Å². The third-order valence-electron chi connectivity index (χ3n) is 7.71. The van der Waals surface area contributed by atoms with Crippen LogP contribution in [0, 0.1) is 5.82 Å². The fraction of sp³-hybridized carbons (Fsp3) is 0.314. The van der Waals surface area contributed by atoms with E-state index in [4.69, 9.17) is 16.3 Å². The first kappa shape index (κ1) is 35.2.